The van der Waals surface area contributed by atoms with Crippen LogP contribution in [0.3, 0.4) is 0 Å². The van der Waals surface area contributed by atoms with Gasteiger partial charge in [-0.25, -0.2) is 0 Å². The number of ether oxygens (including phenoxy) is 3. The first kappa shape index (κ1) is 15.2. The van der Waals surface area contributed by atoms with Crippen molar-refractivity contribution in [2.75, 3.05) is 60.7 Å². The van der Waals surface area contributed by atoms with E-state index in [1.165, 1.54) is 0 Å². The zero-order chi connectivity index (χ0) is 13.7. The summed E-state index contributed by atoms with van der Waals surface area (Å²) in [6, 6.07) is 0. The highest BCUT2D eigenvalue weighted by molar-refractivity contribution is 4.92. The molecule has 5 nitrogen and oxygen atoms in total. The Labute approximate surface area is 116 Å². The lowest BCUT2D eigenvalue weighted by molar-refractivity contribution is -0.00461. The van der Waals surface area contributed by atoms with Crippen LogP contribution in [-0.2, 0) is 14.2 Å². The number of hydrogen-bond donors (Lipinski definition) is 1. The van der Waals surface area contributed by atoms with E-state index in [-0.39, 0.29) is 12.2 Å². The SMILES string of the molecule is CNCC1(CN2CC(OC)C(OC)C2)CCOCC1. The van der Waals surface area contributed by atoms with E-state index in [4.69, 9.17) is 14.2 Å². The molecule has 0 aromatic carbocycles. The molecule has 2 heterocycles. The van der Waals surface area contributed by atoms with Gasteiger partial charge in [0.05, 0.1) is 12.2 Å². The maximum atomic E-state index is 5.52. The Hall–Kier alpha value is -0.200. The molecule has 0 aliphatic carbocycles. The Bertz CT molecular complexity index is 252. The fourth-order valence-electron chi connectivity index (χ4n) is 3.44. The van der Waals surface area contributed by atoms with Gasteiger partial charge in [0.15, 0.2) is 0 Å². The number of methoxy groups -OCH3 is 2. The standard InChI is InChI=1S/C14H28N2O3/c1-15-10-14(4-6-19-7-5-14)11-16-8-12(17-2)13(9-16)18-3/h12-13,15H,4-11H2,1-3H3. The third-order valence-electron chi connectivity index (χ3n) is 4.56. The second-order valence-corrected chi connectivity index (χ2v) is 5.89. The van der Waals surface area contributed by atoms with Crippen LogP contribution in [0.15, 0.2) is 0 Å². The summed E-state index contributed by atoms with van der Waals surface area (Å²) in [5, 5.41) is 3.36. The zero-order valence-electron chi connectivity index (χ0n) is 12.5. The quantitative estimate of drug-likeness (QED) is 0.756. The summed E-state index contributed by atoms with van der Waals surface area (Å²) in [7, 11) is 5.59. The number of nitrogens with zero attached hydrogens (tertiary/aromatic N) is 1. The summed E-state index contributed by atoms with van der Waals surface area (Å²) >= 11 is 0. The molecule has 0 amide bonds. The summed E-state index contributed by atoms with van der Waals surface area (Å²) in [4.78, 5) is 2.49. The number of likely N-dealkylation sites (tertiary alicyclic amines) is 1. The van der Waals surface area contributed by atoms with Crippen LogP contribution in [0.25, 0.3) is 0 Å². The van der Waals surface area contributed by atoms with Crippen LogP contribution in [-0.4, -0.2) is 77.8 Å². The lowest BCUT2D eigenvalue weighted by atomic mass is 9.79. The Morgan fingerprint density at radius 3 is 2.21 bits per heavy atom. The number of nitrogens with one attached hydrogen (secondary N) is 1. The van der Waals surface area contributed by atoms with Gasteiger partial charge >= 0.3 is 0 Å². The summed E-state index contributed by atoms with van der Waals surface area (Å²) < 4.78 is 16.6. The third kappa shape index (κ3) is 3.67. The highest BCUT2D eigenvalue weighted by Gasteiger charge is 2.39. The van der Waals surface area contributed by atoms with Crippen LogP contribution in [0, 0.1) is 5.41 Å². The first-order chi connectivity index (χ1) is 9.23. The highest BCUT2D eigenvalue weighted by Crippen LogP contribution is 2.32. The summed E-state index contributed by atoms with van der Waals surface area (Å²) in [5.74, 6) is 0. The fraction of sp³-hybridized carbons (Fsp3) is 1.00. The lowest BCUT2D eigenvalue weighted by Crippen LogP contribution is -2.46. The normalized spacial score (nSPS) is 31.7. The molecule has 0 spiro atoms. The van der Waals surface area contributed by atoms with Gasteiger partial charge in [0.2, 0.25) is 0 Å². The molecule has 112 valence electrons. The minimum atomic E-state index is 0.205. The predicted octanol–water partition coefficient (Wildman–Crippen LogP) is 0.348. The molecule has 2 aliphatic rings. The van der Waals surface area contributed by atoms with Crippen molar-refractivity contribution >= 4 is 0 Å². The van der Waals surface area contributed by atoms with Crippen molar-refractivity contribution in [3.8, 4) is 0 Å². The highest BCUT2D eigenvalue weighted by atomic mass is 16.5. The molecule has 2 saturated heterocycles. The number of hydrogen-bond acceptors (Lipinski definition) is 5. The molecule has 0 bridgehead atoms. The molecular weight excluding hydrogens is 244 g/mol. The Kier molecular flexibility index (Phi) is 5.59. The summed E-state index contributed by atoms with van der Waals surface area (Å²) in [6.07, 6.45) is 2.69. The maximum Gasteiger partial charge on any atom is 0.0971 e. The van der Waals surface area contributed by atoms with Gasteiger partial charge in [0.25, 0.3) is 0 Å². The van der Waals surface area contributed by atoms with Crippen LogP contribution >= 0.6 is 0 Å². The average Bonchev–Trinajstić information content (AvgIpc) is 2.82. The van der Waals surface area contributed by atoms with Gasteiger partial charge in [0.1, 0.15) is 0 Å². The number of rotatable bonds is 6. The predicted molar refractivity (Wildman–Crippen MR) is 74.4 cm³/mol. The third-order valence-corrected chi connectivity index (χ3v) is 4.56. The van der Waals surface area contributed by atoms with E-state index >= 15 is 0 Å². The molecule has 0 aromatic heterocycles. The van der Waals surface area contributed by atoms with Crippen molar-refractivity contribution in [2.24, 2.45) is 5.41 Å². The fourth-order valence-corrected chi connectivity index (χ4v) is 3.44. The van der Waals surface area contributed by atoms with Gasteiger partial charge in [-0.2, -0.15) is 0 Å². The molecule has 2 aliphatic heterocycles. The molecule has 19 heavy (non-hydrogen) atoms. The van der Waals surface area contributed by atoms with E-state index in [9.17, 15) is 0 Å². The van der Waals surface area contributed by atoms with Gasteiger partial charge in [-0.05, 0) is 25.3 Å². The van der Waals surface area contributed by atoms with Crippen molar-refractivity contribution in [2.45, 2.75) is 25.0 Å². The second-order valence-electron chi connectivity index (χ2n) is 5.89. The van der Waals surface area contributed by atoms with Gasteiger partial charge in [0, 0.05) is 53.6 Å². The second kappa shape index (κ2) is 6.99. The van der Waals surface area contributed by atoms with Gasteiger partial charge in [-0.15, -0.1) is 0 Å². The lowest BCUT2D eigenvalue weighted by Gasteiger charge is -2.40. The van der Waals surface area contributed by atoms with Crippen LogP contribution < -0.4 is 5.32 Å². The van der Waals surface area contributed by atoms with E-state index in [1.807, 2.05) is 7.05 Å². The van der Waals surface area contributed by atoms with Crippen LogP contribution in [0.5, 0.6) is 0 Å². The topological polar surface area (TPSA) is 43.0 Å². The van der Waals surface area contributed by atoms with Crippen molar-refractivity contribution in [1.82, 2.24) is 10.2 Å². The minimum Gasteiger partial charge on any atom is -0.381 e. The van der Waals surface area contributed by atoms with E-state index in [1.54, 1.807) is 14.2 Å². The smallest absolute Gasteiger partial charge is 0.0971 e. The molecule has 2 atom stereocenters. The average molecular weight is 272 g/mol. The van der Waals surface area contributed by atoms with E-state index in [2.05, 4.69) is 10.2 Å². The van der Waals surface area contributed by atoms with E-state index in [0.29, 0.717) is 5.41 Å². The van der Waals surface area contributed by atoms with Crippen molar-refractivity contribution in [1.29, 1.82) is 0 Å². The Balaban J connectivity index is 1.94. The Morgan fingerprint density at radius 2 is 1.74 bits per heavy atom. The molecule has 2 rings (SSSR count). The largest absolute Gasteiger partial charge is 0.381 e. The minimum absolute atomic E-state index is 0.205. The van der Waals surface area contributed by atoms with Crippen LogP contribution in [0.2, 0.25) is 0 Å². The first-order valence-corrected chi connectivity index (χ1v) is 7.23. The van der Waals surface area contributed by atoms with Crippen molar-refractivity contribution in [3.63, 3.8) is 0 Å². The molecule has 5 heteroatoms. The van der Waals surface area contributed by atoms with Gasteiger partial charge < -0.3 is 19.5 Å². The molecule has 2 fully saturated rings. The Morgan fingerprint density at radius 1 is 1.16 bits per heavy atom. The molecule has 2 unspecified atom stereocenters. The van der Waals surface area contributed by atoms with E-state index in [0.717, 1.165) is 52.2 Å². The monoisotopic (exact) mass is 272 g/mol. The molecular formula is C14H28N2O3. The van der Waals surface area contributed by atoms with Crippen LogP contribution in [0.1, 0.15) is 12.8 Å². The first-order valence-electron chi connectivity index (χ1n) is 7.23. The molecule has 0 aromatic rings. The van der Waals surface area contributed by atoms with E-state index < -0.39 is 0 Å². The molecule has 0 saturated carbocycles. The molecule has 0 radical (unpaired) electrons. The summed E-state index contributed by atoms with van der Waals surface area (Å²) in [6.45, 7) is 5.88. The van der Waals surface area contributed by atoms with Crippen LogP contribution in [0.4, 0.5) is 0 Å². The summed E-state index contributed by atoms with van der Waals surface area (Å²) in [5.41, 5.74) is 0.341. The maximum absolute atomic E-state index is 5.52. The molecule has 1 N–H and O–H groups in total. The van der Waals surface area contributed by atoms with Crippen molar-refractivity contribution < 1.29 is 14.2 Å². The van der Waals surface area contributed by atoms with Crippen molar-refractivity contribution in [3.05, 3.63) is 0 Å². The van der Waals surface area contributed by atoms with Gasteiger partial charge in [-0.1, -0.05) is 0 Å². The zero-order valence-corrected chi connectivity index (χ0v) is 12.5. The van der Waals surface area contributed by atoms with Gasteiger partial charge in [-0.3, -0.25) is 4.90 Å².